The number of rotatable bonds is 4. The SMILES string of the molecule is COC(=O)c1cc(C(=O)O[C@H]2CCOC2=O)cc([N+](=O)[O-])c1. The second-order valence-corrected chi connectivity index (χ2v) is 4.37. The Morgan fingerprint density at radius 3 is 2.41 bits per heavy atom. The van der Waals surface area contributed by atoms with Gasteiger partial charge in [-0.15, -0.1) is 0 Å². The van der Waals surface area contributed by atoms with Crippen molar-refractivity contribution in [3.63, 3.8) is 0 Å². The summed E-state index contributed by atoms with van der Waals surface area (Å²) in [4.78, 5) is 44.8. The minimum atomic E-state index is -1.05. The first-order valence-corrected chi connectivity index (χ1v) is 6.18. The maximum absolute atomic E-state index is 12.0. The predicted octanol–water partition coefficient (Wildman–Crippen LogP) is 0.854. The highest BCUT2D eigenvalue weighted by Crippen LogP contribution is 2.20. The predicted molar refractivity (Wildman–Crippen MR) is 69.2 cm³/mol. The Morgan fingerprint density at radius 1 is 1.27 bits per heavy atom. The third-order valence-electron chi connectivity index (χ3n) is 2.92. The Hall–Kier alpha value is -2.97. The number of carbonyl (C=O) groups excluding carboxylic acids is 3. The van der Waals surface area contributed by atoms with E-state index in [0.29, 0.717) is 0 Å². The van der Waals surface area contributed by atoms with Gasteiger partial charge in [0.2, 0.25) is 6.10 Å². The van der Waals surface area contributed by atoms with E-state index in [1.807, 2.05) is 0 Å². The molecule has 9 nitrogen and oxygen atoms in total. The average molecular weight is 309 g/mol. The Balaban J connectivity index is 2.30. The molecule has 0 radical (unpaired) electrons. The lowest BCUT2D eigenvalue weighted by Gasteiger charge is -2.09. The lowest BCUT2D eigenvalue weighted by atomic mass is 10.1. The molecule has 9 heteroatoms. The molecule has 0 saturated carbocycles. The summed E-state index contributed by atoms with van der Waals surface area (Å²) in [7, 11) is 1.10. The maximum atomic E-state index is 12.0. The number of benzene rings is 1. The van der Waals surface area contributed by atoms with E-state index in [1.54, 1.807) is 0 Å². The molecule has 116 valence electrons. The van der Waals surface area contributed by atoms with Crippen LogP contribution < -0.4 is 0 Å². The zero-order valence-electron chi connectivity index (χ0n) is 11.4. The molecule has 0 bridgehead atoms. The molecule has 1 aliphatic rings. The van der Waals surface area contributed by atoms with Crippen molar-refractivity contribution in [2.45, 2.75) is 12.5 Å². The van der Waals surface area contributed by atoms with E-state index in [2.05, 4.69) is 9.47 Å². The fraction of sp³-hybridized carbons (Fsp3) is 0.308. The van der Waals surface area contributed by atoms with Crippen LogP contribution in [0.25, 0.3) is 0 Å². The molecule has 0 aliphatic carbocycles. The van der Waals surface area contributed by atoms with Gasteiger partial charge in [0.25, 0.3) is 5.69 Å². The molecule has 0 amide bonds. The summed E-state index contributed by atoms with van der Waals surface area (Å²) in [5, 5.41) is 10.9. The molecule has 22 heavy (non-hydrogen) atoms. The van der Waals surface area contributed by atoms with Crippen LogP contribution in [0.1, 0.15) is 27.1 Å². The summed E-state index contributed by atoms with van der Waals surface area (Å²) in [6.45, 7) is 0.138. The number of non-ortho nitro benzene ring substituents is 1. The number of nitro benzene ring substituents is 1. The topological polar surface area (TPSA) is 122 Å². The van der Waals surface area contributed by atoms with Gasteiger partial charge in [0.1, 0.15) is 0 Å². The van der Waals surface area contributed by atoms with Gasteiger partial charge in [-0.3, -0.25) is 10.1 Å². The highest BCUT2D eigenvalue weighted by atomic mass is 16.6. The lowest BCUT2D eigenvalue weighted by molar-refractivity contribution is -0.384. The molecule has 0 aromatic heterocycles. The van der Waals surface area contributed by atoms with E-state index >= 15 is 0 Å². The van der Waals surface area contributed by atoms with Crippen LogP contribution in [0.4, 0.5) is 5.69 Å². The molecule has 1 aromatic carbocycles. The summed E-state index contributed by atoms with van der Waals surface area (Å²) >= 11 is 0. The monoisotopic (exact) mass is 309 g/mol. The molecule has 0 unspecified atom stereocenters. The number of nitrogens with zero attached hydrogens (tertiary/aromatic N) is 1. The molecule has 1 aromatic rings. The molecule has 1 heterocycles. The second kappa shape index (κ2) is 6.20. The van der Waals surface area contributed by atoms with Crippen LogP contribution in [0.5, 0.6) is 0 Å². The minimum Gasteiger partial charge on any atom is -0.465 e. The van der Waals surface area contributed by atoms with Crippen molar-refractivity contribution < 1.29 is 33.5 Å². The van der Waals surface area contributed by atoms with Gasteiger partial charge in [-0.05, 0) is 6.07 Å². The first kappa shape index (κ1) is 15.4. The molecule has 1 aliphatic heterocycles. The van der Waals surface area contributed by atoms with E-state index in [-0.39, 0.29) is 24.2 Å². The fourth-order valence-electron chi connectivity index (χ4n) is 1.85. The zero-order valence-corrected chi connectivity index (χ0v) is 11.4. The fourth-order valence-corrected chi connectivity index (χ4v) is 1.85. The Bertz CT molecular complexity index is 653. The number of nitro groups is 1. The van der Waals surface area contributed by atoms with E-state index in [0.717, 1.165) is 25.3 Å². The molecule has 1 saturated heterocycles. The van der Waals surface area contributed by atoms with Gasteiger partial charge in [0.15, 0.2) is 0 Å². The van der Waals surface area contributed by atoms with Crippen LogP contribution in [0.2, 0.25) is 0 Å². The van der Waals surface area contributed by atoms with Crippen molar-refractivity contribution in [1.82, 2.24) is 0 Å². The van der Waals surface area contributed by atoms with Crippen molar-refractivity contribution in [2.24, 2.45) is 0 Å². The summed E-state index contributed by atoms with van der Waals surface area (Å²) in [6, 6.07) is 3.03. The summed E-state index contributed by atoms with van der Waals surface area (Å²) in [5.74, 6) is -2.47. The van der Waals surface area contributed by atoms with Gasteiger partial charge in [0.05, 0.1) is 29.8 Å². The van der Waals surface area contributed by atoms with Gasteiger partial charge in [-0.1, -0.05) is 0 Å². The van der Waals surface area contributed by atoms with Gasteiger partial charge in [-0.2, -0.15) is 0 Å². The van der Waals surface area contributed by atoms with Crippen LogP contribution in [-0.2, 0) is 19.0 Å². The summed E-state index contributed by atoms with van der Waals surface area (Å²) in [6.07, 6.45) is -0.836. The van der Waals surface area contributed by atoms with Crippen molar-refractivity contribution in [2.75, 3.05) is 13.7 Å². The number of hydrogen-bond donors (Lipinski definition) is 0. The number of cyclic esters (lactones) is 1. The Morgan fingerprint density at radius 2 is 1.91 bits per heavy atom. The van der Waals surface area contributed by atoms with E-state index in [1.165, 1.54) is 0 Å². The Kier molecular flexibility index (Phi) is 4.35. The van der Waals surface area contributed by atoms with Crippen LogP contribution >= 0.6 is 0 Å². The maximum Gasteiger partial charge on any atom is 0.347 e. The molecule has 0 N–H and O–H groups in total. The molecule has 1 atom stereocenters. The number of hydrogen-bond acceptors (Lipinski definition) is 8. The third kappa shape index (κ3) is 3.19. The highest BCUT2D eigenvalue weighted by Gasteiger charge is 2.31. The number of methoxy groups -OCH3 is 1. The van der Waals surface area contributed by atoms with Gasteiger partial charge in [-0.25, -0.2) is 14.4 Å². The van der Waals surface area contributed by atoms with Crippen molar-refractivity contribution in [3.8, 4) is 0 Å². The van der Waals surface area contributed by atoms with Crippen LogP contribution in [-0.4, -0.2) is 42.7 Å². The van der Waals surface area contributed by atoms with Gasteiger partial charge >= 0.3 is 17.9 Å². The molecule has 0 spiro atoms. The molecular weight excluding hydrogens is 298 g/mol. The number of esters is 3. The summed E-state index contributed by atoms with van der Waals surface area (Å²) < 4.78 is 14.0. The lowest BCUT2D eigenvalue weighted by Crippen LogP contribution is -2.23. The first-order valence-electron chi connectivity index (χ1n) is 6.18. The summed E-state index contributed by atoms with van der Waals surface area (Å²) in [5.41, 5.74) is -0.865. The molecular formula is C13H11NO8. The van der Waals surface area contributed by atoms with Gasteiger partial charge < -0.3 is 14.2 Å². The smallest absolute Gasteiger partial charge is 0.347 e. The standard InChI is InChI=1S/C13H11NO8/c1-20-11(15)7-4-8(6-9(5-7)14(18)19)12(16)22-10-2-3-21-13(10)17/h4-6,10H,2-3H2,1H3/t10-/m0/s1. The van der Waals surface area contributed by atoms with Crippen molar-refractivity contribution in [3.05, 3.63) is 39.4 Å². The third-order valence-corrected chi connectivity index (χ3v) is 2.92. The van der Waals surface area contributed by atoms with Crippen molar-refractivity contribution in [1.29, 1.82) is 0 Å². The van der Waals surface area contributed by atoms with Crippen LogP contribution in [0.15, 0.2) is 18.2 Å². The van der Waals surface area contributed by atoms with Crippen LogP contribution in [0, 0.1) is 10.1 Å². The second-order valence-electron chi connectivity index (χ2n) is 4.37. The molecule has 1 fully saturated rings. The van der Waals surface area contributed by atoms with Crippen molar-refractivity contribution >= 4 is 23.6 Å². The average Bonchev–Trinajstić information content (AvgIpc) is 2.91. The number of carbonyl (C=O) groups is 3. The molecule has 2 rings (SSSR count). The largest absolute Gasteiger partial charge is 0.465 e. The Labute approximate surface area is 123 Å². The highest BCUT2D eigenvalue weighted by molar-refractivity contribution is 5.97. The van der Waals surface area contributed by atoms with E-state index in [9.17, 15) is 24.5 Å². The van der Waals surface area contributed by atoms with E-state index < -0.39 is 34.6 Å². The van der Waals surface area contributed by atoms with Crippen LogP contribution in [0.3, 0.4) is 0 Å². The number of ether oxygens (including phenoxy) is 3. The normalized spacial score (nSPS) is 16.8. The first-order chi connectivity index (χ1) is 10.4. The quantitative estimate of drug-likeness (QED) is 0.347. The minimum absolute atomic E-state index is 0.138. The van der Waals surface area contributed by atoms with Gasteiger partial charge in [0, 0.05) is 18.6 Å². The van der Waals surface area contributed by atoms with E-state index in [4.69, 9.17) is 4.74 Å². The zero-order chi connectivity index (χ0) is 16.3.